The van der Waals surface area contributed by atoms with E-state index in [9.17, 15) is 14.3 Å². The molecule has 69 heavy (non-hydrogen) atoms. The lowest BCUT2D eigenvalue weighted by Gasteiger charge is -2.28. The highest BCUT2D eigenvalue weighted by atomic mass is 31.2. The Morgan fingerprint density at radius 1 is 0.464 bits per heavy atom. The van der Waals surface area contributed by atoms with Gasteiger partial charge in [0.2, 0.25) is 0 Å². The fourth-order valence-corrected chi connectivity index (χ4v) is 8.33. The predicted octanol–water partition coefficient (Wildman–Crippen LogP) is 17.3. The van der Waals surface area contributed by atoms with Gasteiger partial charge in [0.15, 0.2) is 0 Å². The number of likely N-dealkylation sites (N-methyl/N-ethyl adjacent to an activating group) is 1. The lowest BCUT2D eigenvalue weighted by atomic mass is 10.1. The molecule has 0 heterocycles. The minimum atomic E-state index is -4.54. The van der Waals surface area contributed by atoms with E-state index in [1.54, 1.807) is 0 Å². The Bertz CT molecular complexity index is 1380. The van der Waals surface area contributed by atoms with Crippen LogP contribution >= 0.6 is 7.82 Å². The summed E-state index contributed by atoms with van der Waals surface area (Å²) in [5.41, 5.74) is 0. The van der Waals surface area contributed by atoms with Crippen molar-refractivity contribution in [2.24, 2.45) is 0 Å². The maximum Gasteiger partial charge on any atom is 0.306 e. The Labute approximate surface area is 426 Å². The summed E-state index contributed by atoms with van der Waals surface area (Å²) in [5.74, 6) is -0.343. The third-order valence-electron chi connectivity index (χ3n) is 11.9. The molecule has 0 aromatic heterocycles. The van der Waals surface area contributed by atoms with Gasteiger partial charge >= 0.3 is 5.97 Å². The van der Waals surface area contributed by atoms with E-state index >= 15 is 0 Å². The Hall–Kier alpha value is -2.32. The first-order chi connectivity index (χ1) is 33.6. The topological polar surface area (TPSA) is 94.1 Å². The highest BCUT2D eigenvalue weighted by molar-refractivity contribution is 7.45. The highest BCUT2D eigenvalue weighted by Gasteiger charge is 2.20. The molecule has 0 aliphatic carbocycles. The number of rotatable bonds is 52. The smallest absolute Gasteiger partial charge is 0.306 e. The monoisotopic (exact) mass is 986 g/mol. The molecule has 0 saturated heterocycles. The minimum absolute atomic E-state index is 0.0202. The van der Waals surface area contributed by atoms with Crippen LogP contribution in [0.15, 0.2) is 85.1 Å². The van der Waals surface area contributed by atoms with Crippen LogP contribution in [0.1, 0.15) is 232 Å². The molecule has 9 heteroatoms. The average Bonchev–Trinajstić information content (AvgIpc) is 3.31. The van der Waals surface area contributed by atoms with Crippen molar-refractivity contribution in [1.82, 2.24) is 0 Å². The number of allylic oxidation sites excluding steroid dienone is 14. The number of carbonyl (C=O) groups is 1. The molecule has 0 aliphatic heterocycles. The summed E-state index contributed by atoms with van der Waals surface area (Å²) in [6, 6.07) is 0. The van der Waals surface area contributed by atoms with Gasteiger partial charge in [-0.1, -0.05) is 221 Å². The van der Waals surface area contributed by atoms with E-state index in [0.29, 0.717) is 24.1 Å². The van der Waals surface area contributed by atoms with Crippen molar-refractivity contribution >= 4 is 13.8 Å². The average molecular weight is 986 g/mol. The zero-order valence-electron chi connectivity index (χ0n) is 45.5. The Morgan fingerprint density at radius 2 is 0.841 bits per heavy atom. The molecule has 400 valence electrons. The number of quaternary nitrogens is 1. The van der Waals surface area contributed by atoms with Crippen LogP contribution in [-0.2, 0) is 27.9 Å². The lowest BCUT2D eigenvalue weighted by molar-refractivity contribution is -0.870. The molecule has 0 saturated carbocycles. The van der Waals surface area contributed by atoms with Crippen molar-refractivity contribution in [3.63, 3.8) is 0 Å². The molecule has 0 amide bonds. The van der Waals surface area contributed by atoms with E-state index in [0.717, 1.165) is 77.0 Å². The van der Waals surface area contributed by atoms with E-state index in [1.807, 2.05) is 21.1 Å². The standard InChI is InChI=1S/C60H108NO7P/c1-6-8-10-12-14-16-18-20-22-24-26-28-30-32-34-36-38-40-42-44-46-48-50-52-55-65-57-59(58-67-69(63,64)66-56-54-61(3,4)5)68-60(62)53-51-49-47-45-43-41-39-37-35-33-31-29-27-25-23-21-19-17-15-13-11-9-7-2/h8,10,14,16,19-22,25-28,31,33,59H,6-7,9,11-13,15,17-18,23-24,29-30,32,34-58H2,1-5H3/b10-8-,16-14-,21-19-,22-20-,27-25-,28-26-,33-31-. The quantitative estimate of drug-likeness (QED) is 0.0197. The maximum atomic E-state index is 12.8. The zero-order valence-corrected chi connectivity index (χ0v) is 46.4. The van der Waals surface area contributed by atoms with E-state index in [1.165, 1.54) is 135 Å². The van der Waals surface area contributed by atoms with Crippen LogP contribution in [0, 0.1) is 0 Å². The lowest BCUT2D eigenvalue weighted by Crippen LogP contribution is -2.37. The van der Waals surface area contributed by atoms with Gasteiger partial charge < -0.3 is 27.9 Å². The van der Waals surface area contributed by atoms with Gasteiger partial charge in [-0.15, -0.1) is 0 Å². The van der Waals surface area contributed by atoms with Gasteiger partial charge in [-0.25, -0.2) is 0 Å². The number of nitrogens with zero attached hydrogens (tertiary/aromatic N) is 1. The first-order valence-electron chi connectivity index (χ1n) is 28.3. The van der Waals surface area contributed by atoms with E-state index in [4.69, 9.17) is 18.5 Å². The van der Waals surface area contributed by atoms with Crippen LogP contribution in [0.2, 0.25) is 0 Å². The van der Waals surface area contributed by atoms with Gasteiger partial charge in [-0.05, 0) is 89.9 Å². The summed E-state index contributed by atoms with van der Waals surface area (Å²) < 4.78 is 34.8. The Morgan fingerprint density at radius 3 is 1.26 bits per heavy atom. The second kappa shape index (κ2) is 52.0. The van der Waals surface area contributed by atoms with Crippen molar-refractivity contribution in [3.8, 4) is 0 Å². The SMILES string of the molecule is CC/C=C\C/C=C\C/C=C\C/C=C\CCCCCCCCCCCCCOCC(COP(=O)([O-])OCC[N+](C)(C)C)OC(=O)CCCCCCCCCC/C=C\C/C=C\C/C=C\CCCCCCC. The Kier molecular flexibility index (Phi) is 50.3. The molecule has 0 N–H and O–H groups in total. The summed E-state index contributed by atoms with van der Waals surface area (Å²) in [7, 11) is 1.34. The molecule has 0 bridgehead atoms. The van der Waals surface area contributed by atoms with E-state index in [2.05, 4.69) is 98.9 Å². The number of hydrogen-bond acceptors (Lipinski definition) is 7. The summed E-state index contributed by atoms with van der Waals surface area (Å²) in [5, 5.41) is 0. The third kappa shape index (κ3) is 56.5. The fourth-order valence-electron chi connectivity index (χ4n) is 7.60. The molecule has 0 spiro atoms. The molecule has 2 atom stereocenters. The van der Waals surface area contributed by atoms with Crippen LogP contribution < -0.4 is 4.89 Å². The van der Waals surface area contributed by atoms with Gasteiger partial charge in [0.05, 0.1) is 34.4 Å². The van der Waals surface area contributed by atoms with Gasteiger partial charge in [-0.3, -0.25) is 9.36 Å². The van der Waals surface area contributed by atoms with Crippen molar-refractivity contribution < 1.29 is 37.3 Å². The van der Waals surface area contributed by atoms with Crippen molar-refractivity contribution in [2.45, 2.75) is 238 Å². The predicted molar refractivity (Wildman–Crippen MR) is 295 cm³/mol. The maximum absolute atomic E-state index is 12.8. The summed E-state index contributed by atoms with van der Waals surface area (Å²) in [6.45, 7) is 5.28. The van der Waals surface area contributed by atoms with Crippen LogP contribution in [-0.4, -0.2) is 70.7 Å². The van der Waals surface area contributed by atoms with Gasteiger partial charge in [-0.2, -0.15) is 0 Å². The normalized spacial score (nSPS) is 14.1. The number of unbranched alkanes of at least 4 members (excludes halogenated alkanes) is 24. The highest BCUT2D eigenvalue weighted by Crippen LogP contribution is 2.38. The molecule has 2 unspecified atom stereocenters. The molecule has 0 fully saturated rings. The summed E-state index contributed by atoms with van der Waals surface area (Å²) in [4.78, 5) is 25.3. The van der Waals surface area contributed by atoms with Crippen molar-refractivity contribution in [3.05, 3.63) is 85.1 Å². The zero-order chi connectivity index (χ0) is 50.5. The van der Waals surface area contributed by atoms with Crippen molar-refractivity contribution in [2.75, 3.05) is 54.1 Å². The first-order valence-corrected chi connectivity index (χ1v) is 29.8. The first kappa shape index (κ1) is 66.7. The van der Waals surface area contributed by atoms with E-state index < -0.39 is 13.9 Å². The van der Waals surface area contributed by atoms with Gasteiger partial charge in [0.1, 0.15) is 19.3 Å². The van der Waals surface area contributed by atoms with Crippen LogP contribution in [0.3, 0.4) is 0 Å². The summed E-state index contributed by atoms with van der Waals surface area (Å²) in [6.07, 6.45) is 70.4. The molecule has 8 nitrogen and oxygen atoms in total. The minimum Gasteiger partial charge on any atom is -0.756 e. The molecule has 0 aromatic rings. The fraction of sp³-hybridized carbons (Fsp3) is 0.750. The van der Waals surface area contributed by atoms with Gasteiger partial charge in [0.25, 0.3) is 7.82 Å². The number of phosphoric acid groups is 1. The number of ether oxygens (including phenoxy) is 2. The van der Waals surface area contributed by atoms with Crippen LogP contribution in [0.4, 0.5) is 0 Å². The molecule has 0 rings (SSSR count). The molecule has 0 aromatic carbocycles. The van der Waals surface area contributed by atoms with Crippen molar-refractivity contribution in [1.29, 1.82) is 0 Å². The number of hydrogen-bond donors (Lipinski definition) is 0. The van der Waals surface area contributed by atoms with Crippen LogP contribution in [0.5, 0.6) is 0 Å². The van der Waals surface area contributed by atoms with E-state index in [-0.39, 0.29) is 25.8 Å². The summed E-state index contributed by atoms with van der Waals surface area (Å²) >= 11 is 0. The number of phosphoric ester groups is 1. The second-order valence-corrected chi connectivity index (χ2v) is 21.3. The Balaban J connectivity index is 4.13. The largest absolute Gasteiger partial charge is 0.756 e. The molecule has 0 radical (unpaired) electrons. The van der Waals surface area contributed by atoms with Gasteiger partial charge in [0, 0.05) is 13.0 Å². The number of esters is 1. The van der Waals surface area contributed by atoms with Crippen LogP contribution in [0.25, 0.3) is 0 Å². The molecular formula is C60H108NO7P. The third-order valence-corrected chi connectivity index (χ3v) is 12.9. The number of carbonyl (C=O) groups excluding carboxylic acids is 1. The molecular weight excluding hydrogens is 878 g/mol. The second-order valence-electron chi connectivity index (χ2n) is 19.9. The molecule has 0 aliphatic rings.